The van der Waals surface area contributed by atoms with Crippen molar-refractivity contribution in [3.8, 4) is 11.3 Å². The van der Waals surface area contributed by atoms with Gasteiger partial charge in [0.1, 0.15) is 18.0 Å². The van der Waals surface area contributed by atoms with Crippen molar-refractivity contribution in [2.24, 2.45) is 0 Å². The summed E-state index contributed by atoms with van der Waals surface area (Å²) in [6.45, 7) is -0.0570. The molecule has 1 saturated heterocycles. The molecule has 0 aliphatic carbocycles. The van der Waals surface area contributed by atoms with Crippen LogP contribution in [0.25, 0.3) is 16.8 Å². The Morgan fingerprint density at radius 2 is 1.84 bits per heavy atom. The number of aliphatic hydroxyl groups excluding tert-OH is 1. The van der Waals surface area contributed by atoms with Crippen LogP contribution in [-0.2, 0) is 11.0 Å². The number of carbonyl (C=O) groups is 2. The quantitative estimate of drug-likeness (QED) is 0.423. The predicted octanol–water partition coefficient (Wildman–Crippen LogP) is 1.90. The van der Waals surface area contributed by atoms with Crippen LogP contribution in [0.2, 0.25) is 0 Å². The van der Waals surface area contributed by atoms with Gasteiger partial charge >= 0.3 is 12.4 Å². The lowest BCUT2D eigenvalue weighted by Gasteiger charge is -2.21. The van der Waals surface area contributed by atoms with E-state index in [-0.39, 0.29) is 22.5 Å². The van der Waals surface area contributed by atoms with E-state index in [2.05, 4.69) is 20.4 Å². The third kappa shape index (κ3) is 4.92. The van der Waals surface area contributed by atoms with Crippen LogP contribution < -0.4 is 11.1 Å². The molecule has 4 N–H and O–H groups in total. The maximum absolute atomic E-state index is 14.5. The Bertz CT molecular complexity index is 1410. The number of carbonyl (C=O) groups excluding carboxylic acids is 2. The molecule has 10 nitrogen and oxygen atoms in total. The molecule has 0 radical (unpaired) electrons. The maximum Gasteiger partial charge on any atom is 0.423 e. The van der Waals surface area contributed by atoms with Gasteiger partial charge in [-0.05, 0) is 19.1 Å². The van der Waals surface area contributed by atoms with E-state index in [1.807, 2.05) is 0 Å². The zero-order chi connectivity index (χ0) is 28.2. The smallest absolute Gasteiger partial charge is 0.382 e. The summed E-state index contributed by atoms with van der Waals surface area (Å²) in [4.78, 5) is 32.8. The van der Waals surface area contributed by atoms with E-state index in [9.17, 15) is 40.3 Å². The number of aliphatic hydroxyl groups is 1. The third-order valence-corrected chi connectivity index (χ3v) is 5.94. The van der Waals surface area contributed by atoms with Crippen molar-refractivity contribution in [3.05, 3.63) is 41.5 Å². The molecule has 204 valence electrons. The zero-order valence-electron chi connectivity index (χ0n) is 19.2. The van der Waals surface area contributed by atoms with E-state index in [1.165, 1.54) is 19.2 Å². The number of nitrogens with zero attached hydrogens (tertiary/aromatic N) is 5. The molecule has 0 spiro atoms. The van der Waals surface area contributed by atoms with E-state index < -0.39 is 72.5 Å². The van der Waals surface area contributed by atoms with Crippen molar-refractivity contribution in [1.82, 2.24) is 29.8 Å². The molecule has 0 unspecified atom stereocenters. The Morgan fingerprint density at radius 1 is 1.16 bits per heavy atom. The number of aryl methyl sites for hydroxylation is 1. The highest BCUT2D eigenvalue weighted by Crippen LogP contribution is 2.38. The van der Waals surface area contributed by atoms with Crippen LogP contribution >= 0.6 is 0 Å². The number of pyridine rings is 1. The highest BCUT2D eigenvalue weighted by atomic mass is 19.4. The van der Waals surface area contributed by atoms with Crippen molar-refractivity contribution in [2.75, 3.05) is 18.8 Å². The van der Waals surface area contributed by atoms with Crippen LogP contribution in [-0.4, -0.2) is 79.0 Å². The highest BCUT2D eigenvalue weighted by Gasteiger charge is 2.48. The number of nitrogens with two attached hydrogens (primary N) is 1. The Kier molecular flexibility index (Phi) is 6.67. The summed E-state index contributed by atoms with van der Waals surface area (Å²) in [5.74, 6) is -3.15. The van der Waals surface area contributed by atoms with E-state index in [0.29, 0.717) is 4.90 Å². The summed E-state index contributed by atoms with van der Waals surface area (Å²) in [6, 6.07) is 0.503. The van der Waals surface area contributed by atoms with Gasteiger partial charge in [0, 0.05) is 18.3 Å². The van der Waals surface area contributed by atoms with E-state index in [0.717, 1.165) is 16.9 Å². The number of fused-ring (bicyclic) bond motifs is 1. The molecule has 4 rings (SSSR count). The molecule has 1 aliphatic heterocycles. The van der Waals surface area contributed by atoms with Gasteiger partial charge in [0.05, 0.1) is 35.1 Å². The normalized spacial score (nSPS) is 19.1. The Morgan fingerprint density at radius 3 is 2.47 bits per heavy atom. The van der Waals surface area contributed by atoms with E-state index in [4.69, 9.17) is 10.8 Å². The summed E-state index contributed by atoms with van der Waals surface area (Å²) < 4.78 is 94.1. The van der Waals surface area contributed by atoms with Crippen molar-refractivity contribution in [3.63, 3.8) is 0 Å². The summed E-state index contributed by atoms with van der Waals surface area (Å²) >= 11 is 0. The standard InChI is InChI=1S/C21H18F7N7O3/c1-8-10(18(37)33-13-6-34(5-12(13)22)19(38)16(36)21(26,27)28)2-9(4-30-8)14-3-11(20(23,24)25)15-17(29)31-7-32-35(14)15/h2-4,7,12-13,16,36H,5-6H2,1H3,(H,33,37)(H2,29,31,32)/t12-,13+,16-/m0/s1. The van der Waals surface area contributed by atoms with Gasteiger partial charge < -0.3 is 21.1 Å². The van der Waals surface area contributed by atoms with Crippen molar-refractivity contribution < 1.29 is 45.4 Å². The molecule has 17 heteroatoms. The van der Waals surface area contributed by atoms with Crippen LogP contribution in [0.3, 0.4) is 0 Å². The van der Waals surface area contributed by atoms with Crippen molar-refractivity contribution in [1.29, 1.82) is 0 Å². The highest BCUT2D eigenvalue weighted by molar-refractivity contribution is 5.97. The van der Waals surface area contributed by atoms with Gasteiger partial charge in [0.2, 0.25) is 6.10 Å². The minimum Gasteiger partial charge on any atom is -0.382 e. The van der Waals surface area contributed by atoms with Gasteiger partial charge in [0.25, 0.3) is 11.8 Å². The van der Waals surface area contributed by atoms with Crippen LogP contribution in [0.4, 0.5) is 36.6 Å². The second kappa shape index (κ2) is 9.38. The van der Waals surface area contributed by atoms with Gasteiger partial charge in [-0.2, -0.15) is 31.4 Å². The largest absolute Gasteiger partial charge is 0.423 e. The van der Waals surface area contributed by atoms with Gasteiger partial charge in [-0.1, -0.05) is 0 Å². The van der Waals surface area contributed by atoms with Crippen molar-refractivity contribution in [2.45, 2.75) is 37.6 Å². The average molecular weight is 549 g/mol. The van der Waals surface area contributed by atoms with Crippen LogP contribution in [0.15, 0.2) is 24.7 Å². The monoisotopic (exact) mass is 549 g/mol. The predicted molar refractivity (Wildman–Crippen MR) is 115 cm³/mol. The topological polar surface area (TPSA) is 139 Å². The van der Waals surface area contributed by atoms with Crippen molar-refractivity contribution >= 4 is 23.1 Å². The number of halogens is 7. The van der Waals surface area contributed by atoms with Gasteiger partial charge in [-0.15, -0.1) is 0 Å². The molecular formula is C21H18F7N7O3. The minimum atomic E-state index is -5.25. The lowest BCUT2D eigenvalue weighted by Crippen LogP contribution is -2.47. The minimum absolute atomic E-state index is 0.0117. The molecule has 4 heterocycles. The number of aromatic nitrogens is 4. The second-order valence-corrected chi connectivity index (χ2v) is 8.49. The SMILES string of the molecule is Cc1ncc(-c2cc(C(F)(F)F)c3c(N)ncnn23)cc1C(=O)N[C@@H]1CN(C(=O)[C@H](O)C(F)(F)F)C[C@@H]1F. The fourth-order valence-electron chi connectivity index (χ4n) is 4.03. The molecule has 3 atom stereocenters. The molecule has 38 heavy (non-hydrogen) atoms. The molecule has 3 aromatic heterocycles. The second-order valence-electron chi connectivity index (χ2n) is 8.49. The number of rotatable bonds is 4. The van der Waals surface area contributed by atoms with Gasteiger partial charge in [0.15, 0.2) is 5.82 Å². The average Bonchev–Trinajstić information content (AvgIpc) is 3.39. The zero-order valence-corrected chi connectivity index (χ0v) is 19.2. The van der Waals surface area contributed by atoms with Gasteiger partial charge in [-0.3, -0.25) is 14.6 Å². The van der Waals surface area contributed by atoms with Crippen LogP contribution in [0, 0.1) is 6.92 Å². The number of likely N-dealkylation sites (tertiary alicyclic amines) is 1. The molecular weight excluding hydrogens is 531 g/mol. The number of hydrogen-bond donors (Lipinski definition) is 3. The summed E-state index contributed by atoms with van der Waals surface area (Å²) in [5.41, 5.74) is 3.79. The fourth-order valence-corrected chi connectivity index (χ4v) is 4.03. The molecule has 0 aromatic carbocycles. The molecule has 0 bridgehead atoms. The number of nitrogen functional groups attached to an aromatic ring is 1. The van der Waals surface area contributed by atoms with E-state index >= 15 is 0 Å². The lowest BCUT2D eigenvalue weighted by molar-refractivity contribution is -0.210. The lowest BCUT2D eigenvalue weighted by atomic mass is 10.1. The first-order chi connectivity index (χ1) is 17.6. The Hall–Kier alpha value is -4.02. The summed E-state index contributed by atoms with van der Waals surface area (Å²) in [5, 5.41) is 15.2. The molecule has 1 fully saturated rings. The molecule has 0 saturated carbocycles. The first-order valence-corrected chi connectivity index (χ1v) is 10.7. The van der Waals surface area contributed by atoms with Crippen LogP contribution in [0.1, 0.15) is 21.6 Å². The number of hydrogen-bond acceptors (Lipinski definition) is 7. The molecule has 3 aromatic rings. The Balaban J connectivity index is 1.62. The number of amides is 2. The number of alkyl halides is 7. The fraction of sp³-hybridized carbons (Fsp3) is 0.381. The number of anilines is 1. The first kappa shape index (κ1) is 27.0. The number of nitrogens with one attached hydrogen (secondary N) is 1. The summed E-state index contributed by atoms with van der Waals surface area (Å²) in [6.07, 6.45) is -13.3. The van der Waals surface area contributed by atoms with E-state index in [1.54, 1.807) is 0 Å². The molecule has 2 amide bonds. The first-order valence-electron chi connectivity index (χ1n) is 10.7. The van der Waals surface area contributed by atoms with Gasteiger partial charge in [-0.25, -0.2) is 13.9 Å². The van der Waals surface area contributed by atoms with Crippen LogP contribution in [0.5, 0.6) is 0 Å². The maximum atomic E-state index is 14.5. The summed E-state index contributed by atoms with van der Waals surface area (Å²) in [7, 11) is 0. The molecule has 1 aliphatic rings. The third-order valence-electron chi connectivity index (χ3n) is 5.94. The Labute approximate surface area is 208 Å².